The van der Waals surface area contributed by atoms with Crippen molar-refractivity contribution in [3.8, 4) is 6.07 Å². The van der Waals surface area contributed by atoms with E-state index < -0.39 is 0 Å². The van der Waals surface area contributed by atoms with Crippen LogP contribution in [0.3, 0.4) is 0 Å². The number of pyridine rings is 1. The highest BCUT2D eigenvalue weighted by molar-refractivity contribution is 7.99. The molecule has 0 aliphatic carbocycles. The summed E-state index contributed by atoms with van der Waals surface area (Å²) in [4.78, 5) is 17.9. The van der Waals surface area contributed by atoms with Crippen LogP contribution in [0.25, 0.3) is 0 Å². The molecule has 0 saturated carbocycles. The van der Waals surface area contributed by atoms with Gasteiger partial charge in [0.25, 0.3) is 5.91 Å². The Morgan fingerprint density at radius 3 is 2.52 bits per heavy atom. The van der Waals surface area contributed by atoms with Gasteiger partial charge in [0, 0.05) is 17.6 Å². The van der Waals surface area contributed by atoms with Gasteiger partial charge in [0.2, 0.25) is 0 Å². The predicted molar refractivity (Wildman–Crippen MR) is 97.1 cm³/mol. The summed E-state index contributed by atoms with van der Waals surface area (Å²) in [5.41, 5.74) is 2.09. The molecule has 0 fully saturated rings. The number of rotatable bonds is 5. The fourth-order valence-electron chi connectivity index (χ4n) is 2.22. The van der Waals surface area contributed by atoms with Crippen LogP contribution in [0.1, 0.15) is 21.5 Å². The lowest BCUT2D eigenvalue weighted by atomic mass is 10.1. The minimum atomic E-state index is -0.170. The Kier molecular flexibility index (Phi) is 5.45. The first-order chi connectivity index (χ1) is 12.3. The van der Waals surface area contributed by atoms with E-state index in [1.807, 2.05) is 42.5 Å². The fraction of sp³-hybridized carbons (Fsp3) is 0.0500. The number of benzene rings is 2. The van der Waals surface area contributed by atoms with Gasteiger partial charge >= 0.3 is 0 Å². The van der Waals surface area contributed by atoms with Crippen LogP contribution in [0, 0.1) is 11.3 Å². The van der Waals surface area contributed by atoms with Gasteiger partial charge in [-0.25, -0.2) is 4.98 Å². The quantitative estimate of drug-likeness (QED) is 0.758. The highest BCUT2D eigenvalue weighted by Crippen LogP contribution is 2.28. The lowest BCUT2D eigenvalue weighted by Crippen LogP contribution is -2.23. The van der Waals surface area contributed by atoms with Crippen molar-refractivity contribution in [1.29, 1.82) is 5.26 Å². The Balaban J connectivity index is 1.70. The molecule has 25 heavy (non-hydrogen) atoms. The maximum atomic E-state index is 12.5. The van der Waals surface area contributed by atoms with Crippen molar-refractivity contribution in [2.45, 2.75) is 16.5 Å². The minimum Gasteiger partial charge on any atom is -0.348 e. The maximum Gasteiger partial charge on any atom is 0.254 e. The summed E-state index contributed by atoms with van der Waals surface area (Å²) in [5.74, 6) is -0.170. The van der Waals surface area contributed by atoms with Crippen LogP contribution in [0.15, 0.2) is 82.8 Å². The molecule has 1 amide bonds. The highest BCUT2D eigenvalue weighted by Gasteiger charge is 2.13. The van der Waals surface area contributed by atoms with E-state index in [2.05, 4.69) is 16.4 Å². The summed E-state index contributed by atoms with van der Waals surface area (Å²) in [6, 6.07) is 22.6. The minimum absolute atomic E-state index is 0.170. The molecule has 1 heterocycles. The molecular weight excluding hydrogens is 330 g/mol. The van der Waals surface area contributed by atoms with Crippen LogP contribution in [0.5, 0.6) is 0 Å². The van der Waals surface area contributed by atoms with E-state index in [1.54, 1.807) is 30.5 Å². The zero-order valence-electron chi connectivity index (χ0n) is 13.3. The van der Waals surface area contributed by atoms with Crippen molar-refractivity contribution >= 4 is 17.7 Å². The highest BCUT2D eigenvalue weighted by atomic mass is 32.2. The molecule has 0 radical (unpaired) electrons. The molecule has 0 aliphatic heterocycles. The van der Waals surface area contributed by atoms with E-state index in [9.17, 15) is 4.79 Å². The Morgan fingerprint density at radius 2 is 1.80 bits per heavy atom. The number of carbonyl (C=O) groups is 1. The Labute approximate surface area is 150 Å². The fourth-order valence-corrected chi connectivity index (χ4v) is 3.12. The molecule has 4 nitrogen and oxygen atoms in total. The molecule has 3 aromatic rings. The molecule has 122 valence electrons. The molecule has 0 saturated heterocycles. The Morgan fingerprint density at radius 1 is 1.04 bits per heavy atom. The zero-order valence-corrected chi connectivity index (χ0v) is 14.2. The molecule has 1 N–H and O–H groups in total. The molecule has 0 aliphatic rings. The van der Waals surface area contributed by atoms with Gasteiger partial charge in [-0.05, 0) is 42.0 Å². The molecule has 3 rings (SSSR count). The third-order valence-electron chi connectivity index (χ3n) is 3.51. The number of aromatic nitrogens is 1. The van der Waals surface area contributed by atoms with Crippen molar-refractivity contribution < 1.29 is 4.79 Å². The number of nitriles is 1. The average molecular weight is 345 g/mol. The Hall–Kier alpha value is -3.10. The van der Waals surface area contributed by atoms with E-state index in [0.29, 0.717) is 22.7 Å². The van der Waals surface area contributed by atoms with Gasteiger partial charge in [0.15, 0.2) is 0 Å². The van der Waals surface area contributed by atoms with Gasteiger partial charge in [-0.15, -0.1) is 0 Å². The molecule has 5 heteroatoms. The first-order valence-corrected chi connectivity index (χ1v) is 8.53. The lowest BCUT2D eigenvalue weighted by Gasteiger charge is -2.09. The number of hydrogen-bond acceptors (Lipinski definition) is 4. The van der Waals surface area contributed by atoms with Crippen molar-refractivity contribution in [2.24, 2.45) is 0 Å². The van der Waals surface area contributed by atoms with Crippen LogP contribution < -0.4 is 5.32 Å². The van der Waals surface area contributed by atoms with Gasteiger partial charge in [0.05, 0.1) is 17.2 Å². The maximum absolute atomic E-state index is 12.5. The smallest absolute Gasteiger partial charge is 0.254 e. The summed E-state index contributed by atoms with van der Waals surface area (Å²) in [6.45, 7) is 0.398. The second kappa shape index (κ2) is 8.13. The van der Waals surface area contributed by atoms with Crippen molar-refractivity contribution in [1.82, 2.24) is 10.3 Å². The standard InChI is InChI=1S/C20H15N3OS/c21-13-15-8-10-16(11-9-15)14-23-19(24)18-7-4-12-22-20(18)25-17-5-2-1-3-6-17/h1-12H,14H2,(H,23,24). The molecule has 0 atom stereocenters. The van der Waals surface area contributed by atoms with E-state index in [4.69, 9.17) is 5.26 Å². The van der Waals surface area contributed by atoms with Gasteiger partial charge in [0.1, 0.15) is 5.03 Å². The summed E-state index contributed by atoms with van der Waals surface area (Å²) >= 11 is 1.46. The van der Waals surface area contributed by atoms with Gasteiger partial charge in [-0.1, -0.05) is 42.1 Å². The molecule has 2 aromatic carbocycles. The zero-order chi connectivity index (χ0) is 17.5. The first-order valence-electron chi connectivity index (χ1n) is 7.71. The van der Waals surface area contributed by atoms with E-state index in [0.717, 1.165) is 10.5 Å². The van der Waals surface area contributed by atoms with Crippen LogP contribution in [0.2, 0.25) is 0 Å². The predicted octanol–water partition coefficient (Wildman–Crippen LogP) is 4.03. The third-order valence-corrected chi connectivity index (χ3v) is 4.54. The number of nitrogens with zero attached hydrogens (tertiary/aromatic N) is 2. The molecule has 0 bridgehead atoms. The lowest BCUT2D eigenvalue weighted by molar-refractivity contribution is 0.0947. The van der Waals surface area contributed by atoms with Crippen LogP contribution in [-0.2, 0) is 6.54 Å². The van der Waals surface area contributed by atoms with Crippen molar-refractivity contribution in [3.05, 3.63) is 89.6 Å². The van der Waals surface area contributed by atoms with E-state index in [-0.39, 0.29) is 5.91 Å². The van der Waals surface area contributed by atoms with Crippen molar-refractivity contribution in [3.63, 3.8) is 0 Å². The Bertz CT molecular complexity index is 902. The number of hydrogen-bond donors (Lipinski definition) is 1. The summed E-state index contributed by atoms with van der Waals surface area (Å²) in [6.07, 6.45) is 1.68. The monoisotopic (exact) mass is 345 g/mol. The SMILES string of the molecule is N#Cc1ccc(CNC(=O)c2cccnc2Sc2ccccc2)cc1. The van der Waals surface area contributed by atoms with E-state index in [1.165, 1.54) is 11.8 Å². The second-order valence-electron chi connectivity index (χ2n) is 5.26. The van der Waals surface area contributed by atoms with Crippen LogP contribution >= 0.6 is 11.8 Å². The first kappa shape index (κ1) is 16.7. The number of nitrogens with one attached hydrogen (secondary N) is 1. The topological polar surface area (TPSA) is 65.8 Å². The summed E-state index contributed by atoms with van der Waals surface area (Å²) in [7, 11) is 0. The number of amides is 1. The van der Waals surface area contributed by atoms with Crippen LogP contribution in [0.4, 0.5) is 0 Å². The van der Waals surface area contributed by atoms with Gasteiger partial charge in [-0.3, -0.25) is 4.79 Å². The number of carbonyl (C=O) groups excluding carboxylic acids is 1. The van der Waals surface area contributed by atoms with Crippen LogP contribution in [-0.4, -0.2) is 10.9 Å². The normalized spacial score (nSPS) is 10.0. The molecule has 0 unspecified atom stereocenters. The second-order valence-corrected chi connectivity index (χ2v) is 6.32. The summed E-state index contributed by atoms with van der Waals surface area (Å²) in [5, 5.41) is 12.4. The largest absolute Gasteiger partial charge is 0.348 e. The molecular formula is C20H15N3OS. The average Bonchev–Trinajstić information content (AvgIpc) is 2.68. The molecule has 1 aromatic heterocycles. The van der Waals surface area contributed by atoms with E-state index >= 15 is 0 Å². The van der Waals surface area contributed by atoms with Gasteiger partial charge in [-0.2, -0.15) is 5.26 Å². The molecule has 0 spiro atoms. The van der Waals surface area contributed by atoms with Crippen molar-refractivity contribution in [2.75, 3.05) is 0 Å². The van der Waals surface area contributed by atoms with Gasteiger partial charge < -0.3 is 5.32 Å². The summed E-state index contributed by atoms with van der Waals surface area (Å²) < 4.78 is 0. The third kappa shape index (κ3) is 4.46.